The predicted molar refractivity (Wildman–Crippen MR) is 67.1 cm³/mol. The minimum Gasteiger partial charge on any atom is -0.484 e. The van der Waals surface area contributed by atoms with Crippen LogP contribution in [0.1, 0.15) is 5.56 Å². The average molecular weight is 303 g/mol. The molecular weight excluding hydrogens is 295 g/mol. The number of carbonyl (C=O) groups excluding carboxylic acids is 2. The smallest absolute Gasteiger partial charge is 0.422 e. The maximum atomic E-state index is 12.0. The Labute approximate surface area is 116 Å². The van der Waals surface area contributed by atoms with E-state index < -0.39 is 23.9 Å². The van der Waals surface area contributed by atoms with Gasteiger partial charge in [0.15, 0.2) is 6.61 Å². The number of amides is 2. The second-order valence-corrected chi connectivity index (χ2v) is 4.84. The van der Waals surface area contributed by atoms with Crippen molar-refractivity contribution in [1.82, 2.24) is 5.32 Å². The van der Waals surface area contributed by atoms with E-state index >= 15 is 0 Å². The fourth-order valence-electron chi connectivity index (χ4n) is 1.43. The maximum absolute atomic E-state index is 12.0. The third kappa shape index (κ3) is 4.02. The van der Waals surface area contributed by atoms with Crippen molar-refractivity contribution in [2.24, 2.45) is 0 Å². The zero-order chi connectivity index (χ0) is 14.8. The minimum atomic E-state index is -4.41. The van der Waals surface area contributed by atoms with Crippen LogP contribution in [0.4, 0.5) is 18.0 Å². The fourth-order valence-corrected chi connectivity index (χ4v) is 2.11. The maximum Gasteiger partial charge on any atom is 0.422 e. The van der Waals surface area contributed by atoms with Gasteiger partial charge in [0.1, 0.15) is 5.75 Å². The number of hydrogen-bond acceptors (Lipinski definition) is 4. The number of halogens is 3. The van der Waals surface area contributed by atoms with Gasteiger partial charge in [-0.2, -0.15) is 13.2 Å². The summed E-state index contributed by atoms with van der Waals surface area (Å²) in [6.45, 7) is -1.39. The second kappa shape index (κ2) is 5.58. The van der Waals surface area contributed by atoms with Gasteiger partial charge in [0.25, 0.3) is 11.1 Å². The lowest BCUT2D eigenvalue weighted by Gasteiger charge is -2.09. The van der Waals surface area contributed by atoms with Gasteiger partial charge in [-0.25, -0.2) is 0 Å². The molecule has 0 saturated carbocycles. The summed E-state index contributed by atoms with van der Waals surface area (Å²) in [5.41, 5.74) is 0.469. The average Bonchev–Trinajstić information content (AvgIpc) is 2.65. The summed E-state index contributed by atoms with van der Waals surface area (Å²) in [6, 6.07) is 5.82. The molecule has 0 aliphatic carbocycles. The van der Waals surface area contributed by atoms with Crippen molar-refractivity contribution in [2.75, 3.05) is 6.61 Å². The van der Waals surface area contributed by atoms with E-state index in [1.54, 1.807) is 6.07 Å². The number of ether oxygens (including phenoxy) is 1. The van der Waals surface area contributed by atoms with Gasteiger partial charge in [0, 0.05) is 0 Å². The molecule has 8 heteroatoms. The highest BCUT2D eigenvalue weighted by Crippen LogP contribution is 2.27. The number of hydrogen-bond donors (Lipinski definition) is 1. The molecule has 0 aromatic heterocycles. The lowest BCUT2D eigenvalue weighted by molar-refractivity contribution is -0.153. The van der Waals surface area contributed by atoms with Crippen molar-refractivity contribution >= 4 is 29.0 Å². The van der Waals surface area contributed by atoms with Gasteiger partial charge in [0.05, 0.1) is 4.91 Å². The molecule has 2 amide bonds. The van der Waals surface area contributed by atoms with Crippen LogP contribution in [0.3, 0.4) is 0 Å². The normalized spacial score (nSPS) is 17.4. The van der Waals surface area contributed by atoms with Crippen LogP contribution < -0.4 is 10.1 Å². The third-order valence-corrected chi connectivity index (χ3v) is 3.01. The SMILES string of the molecule is O=C1NC(=O)C(=Cc2cccc(OCC(F)(F)F)c2)S1. The second-order valence-electron chi connectivity index (χ2n) is 3.83. The number of imide groups is 1. The monoisotopic (exact) mass is 303 g/mol. The Bertz CT molecular complexity index is 584. The molecular formula is C12H8F3NO3S. The summed E-state index contributed by atoms with van der Waals surface area (Å²) >= 11 is 0.733. The molecule has 20 heavy (non-hydrogen) atoms. The Hall–Kier alpha value is -1.96. The summed E-state index contributed by atoms with van der Waals surface area (Å²) in [6.07, 6.45) is -3.01. The Kier molecular flexibility index (Phi) is 4.03. The summed E-state index contributed by atoms with van der Waals surface area (Å²) < 4.78 is 40.7. The molecule has 1 heterocycles. The lowest BCUT2D eigenvalue weighted by atomic mass is 10.2. The predicted octanol–water partition coefficient (Wildman–Crippen LogP) is 2.95. The molecule has 106 valence electrons. The van der Waals surface area contributed by atoms with Gasteiger partial charge in [-0.3, -0.25) is 14.9 Å². The molecule has 0 spiro atoms. The van der Waals surface area contributed by atoms with Crippen LogP contribution in [0.2, 0.25) is 0 Å². The molecule has 1 aromatic carbocycles. The molecule has 1 aliphatic rings. The number of carbonyl (C=O) groups is 2. The Morgan fingerprint density at radius 1 is 1.30 bits per heavy atom. The van der Waals surface area contributed by atoms with Crippen molar-refractivity contribution in [2.45, 2.75) is 6.18 Å². The first kappa shape index (κ1) is 14.4. The van der Waals surface area contributed by atoms with Gasteiger partial charge >= 0.3 is 6.18 Å². The van der Waals surface area contributed by atoms with E-state index in [1.165, 1.54) is 24.3 Å². The highest BCUT2D eigenvalue weighted by atomic mass is 32.2. The van der Waals surface area contributed by atoms with Crippen LogP contribution in [0.25, 0.3) is 6.08 Å². The van der Waals surface area contributed by atoms with Gasteiger partial charge in [-0.05, 0) is 35.5 Å². The molecule has 1 N–H and O–H groups in total. The van der Waals surface area contributed by atoms with Crippen LogP contribution >= 0.6 is 11.8 Å². The molecule has 4 nitrogen and oxygen atoms in total. The summed E-state index contributed by atoms with van der Waals surface area (Å²) in [5.74, 6) is -0.493. The highest BCUT2D eigenvalue weighted by Gasteiger charge is 2.28. The number of thioether (sulfide) groups is 1. The molecule has 1 saturated heterocycles. The van der Waals surface area contributed by atoms with Gasteiger partial charge in [0.2, 0.25) is 0 Å². The summed E-state index contributed by atoms with van der Waals surface area (Å²) in [5, 5.41) is 1.60. The van der Waals surface area contributed by atoms with Crippen molar-refractivity contribution in [3.05, 3.63) is 34.7 Å². The molecule has 1 aromatic rings. The number of alkyl halides is 3. The van der Waals surface area contributed by atoms with E-state index in [0.717, 1.165) is 11.8 Å². The van der Waals surface area contributed by atoms with Gasteiger partial charge in [-0.15, -0.1) is 0 Å². The first-order valence-electron chi connectivity index (χ1n) is 5.38. The highest BCUT2D eigenvalue weighted by molar-refractivity contribution is 8.18. The van der Waals surface area contributed by atoms with E-state index in [-0.39, 0.29) is 10.7 Å². The zero-order valence-corrected chi connectivity index (χ0v) is 10.7. The largest absolute Gasteiger partial charge is 0.484 e. The van der Waals surface area contributed by atoms with Crippen LogP contribution in [0, 0.1) is 0 Å². The number of benzene rings is 1. The van der Waals surface area contributed by atoms with E-state index in [2.05, 4.69) is 10.1 Å². The number of rotatable bonds is 3. The first-order valence-corrected chi connectivity index (χ1v) is 6.20. The van der Waals surface area contributed by atoms with Crippen molar-refractivity contribution in [3.8, 4) is 5.75 Å². The minimum absolute atomic E-state index is 0.0337. The van der Waals surface area contributed by atoms with Crippen LogP contribution in [-0.2, 0) is 4.79 Å². The molecule has 0 atom stereocenters. The molecule has 1 fully saturated rings. The van der Waals surface area contributed by atoms with E-state index in [0.29, 0.717) is 5.56 Å². The van der Waals surface area contributed by atoms with Gasteiger partial charge in [-0.1, -0.05) is 12.1 Å². The van der Waals surface area contributed by atoms with E-state index in [4.69, 9.17) is 0 Å². The molecule has 0 radical (unpaired) electrons. The fraction of sp³-hybridized carbons (Fsp3) is 0.167. The van der Waals surface area contributed by atoms with E-state index in [1.807, 2.05) is 0 Å². The first-order chi connectivity index (χ1) is 9.33. The van der Waals surface area contributed by atoms with Crippen LogP contribution in [0.5, 0.6) is 5.75 Å². The molecule has 0 unspecified atom stereocenters. The topological polar surface area (TPSA) is 55.4 Å². The summed E-state index contributed by atoms with van der Waals surface area (Å²) in [4.78, 5) is 22.5. The molecule has 0 bridgehead atoms. The van der Waals surface area contributed by atoms with E-state index in [9.17, 15) is 22.8 Å². The number of nitrogens with one attached hydrogen (secondary N) is 1. The van der Waals surface area contributed by atoms with Crippen molar-refractivity contribution in [3.63, 3.8) is 0 Å². The summed E-state index contributed by atoms with van der Waals surface area (Å²) in [7, 11) is 0. The van der Waals surface area contributed by atoms with Crippen molar-refractivity contribution in [1.29, 1.82) is 0 Å². The quantitative estimate of drug-likeness (QED) is 0.872. The standard InChI is InChI=1S/C12H8F3NO3S/c13-12(14,15)6-19-8-3-1-2-7(4-8)5-9-10(17)16-11(18)20-9/h1-5H,6H2,(H,16,17,18). The molecule has 2 rings (SSSR count). The van der Waals surface area contributed by atoms with Crippen molar-refractivity contribution < 1.29 is 27.5 Å². The van der Waals surface area contributed by atoms with Crippen LogP contribution in [0.15, 0.2) is 29.2 Å². The van der Waals surface area contributed by atoms with Gasteiger partial charge < -0.3 is 4.74 Å². The third-order valence-electron chi connectivity index (χ3n) is 2.20. The van der Waals surface area contributed by atoms with Crippen LogP contribution in [-0.4, -0.2) is 23.9 Å². The Morgan fingerprint density at radius 3 is 2.65 bits per heavy atom. The Morgan fingerprint density at radius 2 is 2.05 bits per heavy atom. The Balaban J connectivity index is 2.12. The zero-order valence-electron chi connectivity index (χ0n) is 9.86. The lowest BCUT2D eigenvalue weighted by Crippen LogP contribution is -2.19. The molecule has 1 aliphatic heterocycles.